The number of methoxy groups -OCH3 is 1. The van der Waals surface area contributed by atoms with E-state index in [1.165, 1.54) is 19.3 Å². The first-order valence-corrected chi connectivity index (χ1v) is 14.4. The van der Waals surface area contributed by atoms with Crippen LogP contribution < -0.4 is 9.47 Å². The van der Waals surface area contributed by atoms with Gasteiger partial charge in [-0.05, 0) is 36.1 Å². The number of hydrogen-bond acceptors (Lipinski definition) is 6. The summed E-state index contributed by atoms with van der Waals surface area (Å²) in [6, 6.07) is 19.8. The van der Waals surface area contributed by atoms with Crippen molar-refractivity contribution in [1.29, 1.82) is 0 Å². The van der Waals surface area contributed by atoms with Crippen molar-refractivity contribution in [3.8, 4) is 11.6 Å². The molecule has 2 aromatic carbocycles. The molecule has 1 aromatic heterocycles. The molecule has 216 valence electrons. The predicted octanol–water partition coefficient (Wildman–Crippen LogP) is 7.47. The lowest BCUT2D eigenvalue weighted by Crippen LogP contribution is -2.48. The topological polar surface area (TPSA) is 64.1 Å². The van der Waals surface area contributed by atoms with Crippen LogP contribution in [0.25, 0.3) is 0 Å². The van der Waals surface area contributed by atoms with Crippen molar-refractivity contribution < 1.29 is 28.2 Å². The number of pyridine rings is 1. The number of hydrogen-bond donors (Lipinski definition) is 1. The first kappa shape index (κ1) is 30.7. The molecule has 3 aromatic rings. The number of halogens is 4. The van der Waals surface area contributed by atoms with Crippen LogP contribution >= 0.6 is 27.5 Å². The number of aromatic nitrogens is 1. The number of nitrogens with zero attached hydrogens (tertiary/aromatic N) is 2. The van der Waals surface area contributed by atoms with E-state index < -0.39 is 17.1 Å². The molecule has 1 saturated carbocycles. The van der Waals surface area contributed by atoms with Crippen LogP contribution in [-0.4, -0.2) is 48.4 Å². The molecule has 3 atom stereocenters. The molecule has 0 bridgehead atoms. The standard InChI is InChI=1S/C23H19BrClNO3.C5H9F2NO.C2H6/c1-28-21-20-18(13-19(25)26-21)29-23(15-7-9-16(24)10-8-15)17(11-12-22(20,23)27)14-5-3-2-4-6-14;1-9-8-3-2-5(6,7)4-8;1-2/h2-10,13,17,27H,11-12H2,1H3;2-4H2,1H3;1-2H3. The molecule has 3 unspecified atom stereocenters. The van der Waals surface area contributed by atoms with Gasteiger partial charge in [-0.15, -0.1) is 0 Å². The number of hydroxylamine groups is 2. The summed E-state index contributed by atoms with van der Waals surface area (Å²) in [7, 11) is 2.94. The molecule has 1 aliphatic carbocycles. The molecule has 2 fully saturated rings. The summed E-state index contributed by atoms with van der Waals surface area (Å²) in [6.45, 7) is 4.08. The van der Waals surface area contributed by atoms with Gasteiger partial charge in [-0.1, -0.05) is 83.8 Å². The summed E-state index contributed by atoms with van der Waals surface area (Å²) < 4.78 is 37.7. The fourth-order valence-corrected chi connectivity index (χ4v) is 6.33. The second-order valence-corrected chi connectivity index (χ2v) is 11.0. The molecule has 0 radical (unpaired) electrons. The van der Waals surface area contributed by atoms with Crippen LogP contribution in [0.5, 0.6) is 11.6 Å². The van der Waals surface area contributed by atoms with Crippen molar-refractivity contribution in [2.75, 3.05) is 27.3 Å². The van der Waals surface area contributed by atoms with E-state index in [9.17, 15) is 13.9 Å². The minimum Gasteiger partial charge on any atom is -0.481 e. The van der Waals surface area contributed by atoms with E-state index >= 15 is 0 Å². The normalized spacial score (nSPS) is 26.0. The lowest BCUT2D eigenvalue weighted by Gasteiger charge is -2.40. The Balaban J connectivity index is 0.000000285. The average Bonchev–Trinajstić information content (AvgIpc) is 3.55. The summed E-state index contributed by atoms with van der Waals surface area (Å²) in [4.78, 5) is 8.90. The first-order chi connectivity index (χ1) is 19.1. The Kier molecular flexibility index (Phi) is 9.42. The lowest BCUT2D eigenvalue weighted by atomic mass is 9.72. The fourth-order valence-electron chi connectivity index (χ4n) is 5.89. The fraction of sp³-hybridized carbons (Fsp3) is 0.433. The second kappa shape index (κ2) is 12.3. The van der Waals surface area contributed by atoms with E-state index in [4.69, 9.17) is 21.1 Å². The molecule has 2 aliphatic heterocycles. The minimum atomic E-state index is -2.53. The van der Waals surface area contributed by atoms with Gasteiger partial charge in [0.15, 0.2) is 5.60 Å². The van der Waals surface area contributed by atoms with Gasteiger partial charge in [-0.25, -0.2) is 13.8 Å². The van der Waals surface area contributed by atoms with E-state index in [1.807, 2.05) is 56.3 Å². The van der Waals surface area contributed by atoms with Crippen LogP contribution in [0, 0.1) is 0 Å². The number of alkyl halides is 2. The summed E-state index contributed by atoms with van der Waals surface area (Å²) in [5.74, 6) is -1.75. The van der Waals surface area contributed by atoms with Gasteiger partial charge in [0.05, 0.1) is 26.3 Å². The summed E-state index contributed by atoms with van der Waals surface area (Å²) >= 11 is 9.72. The molecule has 3 heterocycles. The number of aliphatic hydroxyl groups is 1. The van der Waals surface area contributed by atoms with Crippen LogP contribution in [0.4, 0.5) is 8.78 Å². The molecule has 40 heavy (non-hydrogen) atoms. The zero-order valence-corrected chi connectivity index (χ0v) is 25.3. The maximum atomic E-state index is 12.3. The Morgan fingerprint density at radius 2 is 1.75 bits per heavy atom. The van der Waals surface area contributed by atoms with Crippen LogP contribution in [0.15, 0.2) is 65.1 Å². The van der Waals surface area contributed by atoms with E-state index in [2.05, 4.69) is 37.9 Å². The molecule has 1 saturated heterocycles. The highest BCUT2D eigenvalue weighted by molar-refractivity contribution is 9.10. The summed E-state index contributed by atoms with van der Waals surface area (Å²) in [5, 5.41) is 13.7. The van der Waals surface area contributed by atoms with Gasteiger partial charge >= 0.3 is 0 Å². The molecular weight excluding hydrogens is 606 g/mol. The number of ether oxygens (including phenoxy) is 2. The third-order valence-electron chi connectivity index (χ3n) is 7.56. The van der Waals surface area contributed by atoms with E-state index in [0.717, 1.165) is 22.0 Å². The smallest absolute Gasteiger partial charge is 0.264 e. The SMILES string of the molecule is CC.CON1CCC(F)(F)C1.COc1nc(Cl)cc2c1C1(O)CCC(c3ccccc3)C1(c1ccc(Br)cc1)O2. The van der Waals surface area contributed by atoms with Gasteiger partial charge in [-0.2, -0.15) is 5.06 Å². The Bertz CT molecular complexity index is 1300. The Morgan fingerprint density at radius 1 is 1.07 bits per heavy atom. The molecular formula is C30H34BrClF2N2O4. The third-order valence-corrected chi connectivity index (χ3v) is 8.29. The van der Waals surface area contributed by atoms with Crippen molar-refractivity contribution in [3.05, 3.63) is 87.0 Å². The van der Waals surface area contributed by atoms with Gasteiger partial charge in [0, 0.05) is 29.4 Å². The van der Waals surface area contributed by atoms with Crippen LogP contribution in [0.2, 0.25) is 5.15 Å². The monoisotopic (exact) mass is 638 g/mol. The molecule has 0 spiro atoms. The molecule has 6 rings (SSSR count). The Morgan fingerprint density at radius 3 is 2.30 bits per heavy atom. The number of rotatable bonds is 4. The van der Waals surface area contributed by atoms with Gasteiger partial charge < -0.3 is 19.4 Å². The zero-order chi connectivity index (χ0) is 29.1. The van der Waals surface area contributed by atoms with Gasteiger partial charge in [0.2, 0.25) is 5.88 Å². The van der Waals surface area contributed by atoms with Crippen LogP contribution in [0.3, 0.4) is 0 Å². The second-order valence-electron chi connectivity index (χ2n) is 9.69. The highest BCUT2D eigenvalue weighted by Gasteiger charge is 2.69. The molecule has 1 N–H and O–H groups in total. The van der Waals surface area contributed by atoms with Gasteiger partial charge in [-0.3, -0.25) is 0 Å². The molecule has 10 heteroatoms. The highest BCUT2D eigenvalue weighted by Crippen LogP contribution is 2.68. The average molecular weight is 640 g/mol. The summed E-state index contributed by atoms with van der Waals surface area (Å²) in [6.07, 6.45) is 1.21. The van der Waals surface area contributed by atoms with E-state index in [0.29, 0.717) is 30.2 Å². The van der Waals surface area contributed by atoms with Crippen molar-refractivity contribution in [1.82, 2.24) is 10.0 Å². The van der Waals surface area contributed by atoms with Crippen LogP contribution in [0.1, 0.15) is 55.7 Å². The molecule has 0 amide bonds. The molecule has 6 nitrogen and oxygen atoms in total. The predicted molar refractivity (Wildman–Crippen MR) is 154 cm³/mol. The van der Waals surface area contributed by atoms with Crippen LogP contribution in [-0.2, 0) is 16.0 Å². The quantitative estimate of drug-likeness (QED) is 0.299. The summed E-state index contributed by atoms with van der Waals surface area (Å²) in [5.41, 5.74) is 0.309. The van der Waals surface area contributed by atoms with Crippen molar-refractivity contribution in [2.45, 2.75) is 56.2 Å². The third kappa shape index (κ3) is 5.46. The van der Waals surface area contributed by atoms with Crippen molar-refractivity contribution in [2.24, 2.45) is 0 Å². The maximum absolute atomic E-state index is 12.3. The largest absolute Gasteiger partial charge is 0.481 e. The minimum absolute atomic E-state index is 0.0502. The van der Waals surface area contributed by atoms with Crippen molar-refractivity contribution >= 4 is 27.5 Å². The Hall–Kier alpha value is -2.30. The van der Waals surface area contributed by atoms with E-state index in [-0.39, 0.29) is 24.0 Å². The first-order valence-electron chi connectivity index (χ1n) is 13.3. The lowest BCUT2D eigenvalue weighted by molar-refractivity contribution is -0.133. The highest BCUT2D eigenvalue weighted by atomic mass is 79.9. The van der Waals surface area contributed by atoms with Gasteiger partial charge in [0.25, 0.3) is 5.92 Å². The Labute approximate surface area is 247 Å². The van der Waals surface area contributed by atoms with Crippen molar-refractivity contribution in [3.63, 3.8) is 0 Å². The maximum Gasteiger partial charge on any atom is 0.264 e. The van der Waals surface area contributed by atoms with Gasteiger partial charge in [0.1, 0.15) is 16.5 Å². The number of benzene rings is 2. The zero-order valence-electron chi connectivity index (χ0n) is 23.0. The number of fused-ring (bicyclic) bond motifs is 3. The molecule has 3 aliphatic rings. The van der Waals surface area contributed by atoms with E-state index in [1.54, 1.807) is 6.07 Å².